The summed E-state index contributed by atoms with van der Waals surface area (Å²) in [7, 11) is 0. The van der Waals surface area contributed by atoms with E-state index in [1.807, 2.05) is 216 Å². The van der Waals surface area contributed by atoms with Gasteiger partial charge in [0.05, 0.1) is 33.1 Å². The van der Waals surface area contributed by atoms with Crippen molar-refractivity contribution in [3.8, 4) is 142 Å². The van der Waals surface area contributed by atoms with Gasteiger partial charge in [-0.3, -0.25) is 0 Å². The SMILES string of the molecule is c1ccc(-c2ccc3c(c2)c2ccc4sc5ccccc5c4c2n3-c2ccc(-c3nc(-c4ccccc4)nc(-c4ccccc4)n3)cc2)cc1.c1ccc(-c2nc(-c3ccccc3)nc(-c3ccc(-n4c5cccc(-c6ccccc6)c5c5ccc6sc7ccccc7c6c54)cc3)n2)cc1.c1ccc(-c2nc(-c3ccccc3)nc(-c3ccc(-n4c5ccccc5c5ccc6sc7ccccc7c6c54)cc3)n2)cc1. The van der Waals surface area contributed by atoms with Gasteiger partial charge in [0, 0.05) is 160 Å². The number of thiophene rings is 3. The third-order valence-electron chi connectivity index (χ3n) is 27.2. The van der Waals surface area contributed by atoms with Gasteiger partial charge in [0.1, 0.15) is 0 Å². The third-order valence-corrected chi connectivity index (χ3v) is 30.6. The van der Waals surface area contributed by atoms with Gasteiger partial charge in [-0.05, 0) is 156 Å². The zero-order valence-electron chi connectivity index (χ0n) is 77.3. The van der Waals surface area contributed by atoms with Gasteiger partial charge in [-0.1, -0.05) is 352 Å². The van der Waals surface area contributed by atoms with Crippen molar-refractivity contribution >= 4 is 160 Å². The van der Waals surface area contributed by atoms with Crippen LogP contribution in [0.25, 0.3) is 268 Å². The van der Waals surface area contributed by atoms with Crippen molar-refractivity contribution in [1.82, 2.24) is 58.6 Å². The molecule has 9 heterocycles. The molecule has 674 valence electrons. The second-order valence-electron chi connectivity index (χ2n) is 35.7. The summed E-state index contributed by atoms with van der Waals surface area (Å²) in [6, 6.07) is 170. The Morgan fingerprint density at radius 2 is 0.389 bits per heavy atom. The Bertz CT molecular complexity index is 9800. The van der Waals surface area contributed by atoms with Crippen LogP contribution in [-0.2, 0) is 0 Å². The normalized spacial score (nSPS) is 11.6. The number of hydrogen-bond donors (Lipinski definition) is 0. The molecule has 0 unspecified atom stereocenters. The molecule has 29 aromatic rings. The summed E-state index contributed by atoms with van der Waals surface area (Å²) >= 11 is 5.56. The molecule has 0 spiro atoms. The van der Waals surface area contributed by atoms with E-state index in [1.165, 1.54) is 148 Å². The second-order valence-corrected chi connectivity index (χ2v) is 39.0. The van der Waals surface area contributed by atoms with Crippen LogP contribution >= 0.6 is 34.0 Å². The van der Waals surface area contributed by atoms with Gasteiger partial charge in [-0.15, -0.1) is 34.0 Å². The van der Waals surface area contributed by atoms with Crippen LogP contribution in [0.4, 0.5) is 0 Å². The van der Waals surface area contributed by atoms with Crippen molar-refractivity contribution in [1.29, 1.82) is 0 Å². The topological polar surface area (TPSA) is 131 Å². The minimum atomic E-state index is 0.643. The second kappa shape index (κ2) is 36.0. The number of rotatable bonds is 14. The van der Waals surface area contributed by atoms with Crippen molar-refractivity contribution in [2.45, 2.75) is 0 Å². The molecular weight excluding hydrogens is 1810 g/mol. The lowest BCUT2D eigenvalue weighted by atomic mass is 9.99. The van der Waals surface area contributed by atoms with Crippen molar-refractivity contribution in [2.24, 2.45) is 0 Å². The molecule has 0 fully saturated rings. The Hall–Kier alpha value is -18.5. The number of fused-ring (bicyclic) bond motifs is 21. The largest absolute Gasteiger partial charge is 0.309 e. The maximum Gasteiger partial charge on any atom is 0.164 e. The summed E-state index contributed by atoms with van der Waals surface area (Å²) in [6.45, 7) is 0. The first-order chi connectivity index (χ1) is 71.4. The summed E-state index contributed by atoms with van der Waals surface area (Å²) in [6.07, 6.45) is 0. The van der Waals surface area contributed by atoms with Crippen molar-refractivity contribution < 1.29 is 0 Å². The zero-order chi connectivity index (χ0) is 95.1. The van der Waals surface area contributed by atoms with Crippen LogP contribution in [-0.4, -0.2) is 58.6 Å². The molecule has 0 N–H and O–H groups in total. The molecule has 12 nitrogen and oxygen atoms in total. The fourth-order valence-electron chi connectivity index (χ4n) is 20.5. The van der Waals surface area contributed by atoms with Crippen molar-refractivity contribution in [3.63, 3.8) is 0 Å². The molecule has 0 aliphatic heterocycles. The Morgan fingerprint density at radius 3 is 0.736 bits per heavy atom. The summed E-state index contributed by atoms with van der Waals surface area (Å²) in [5.41, 5.74) is 23.9. The molecule has 15 heteroatoms. The molecule has 20 aromatic carbocycles. The maximum absolute atomic E-state index is 4.98. The zero-order valence-corrected chi connectivity index (χ0v) is 79.7. The maximum atomic E-state index is 4.98. The average Bonchev–Trinajstić information content (AvgIpc) is 1.56. The van der Waals surface area contributed by atoms with Gasteiger partial charge in [0.2, 0.25) is 0 Å². The van der Waals surface area contributed by atoms with E-state index in [9.17, 15) is 0 Å². The Morgan fingerprint density at radius 1 is 0.139 bits per heavy atom. The van der Waals surface area contributed by atoms with E-state index in [0.717, 1.165) is 67.1 Å². The van der Waals surface area contributed by atoms with E-state index in [2.05, 4.69) is 317 Å². The minimum absolute atomic E-state index is 0.643. The molecular formula is C129H80N12S3. The fourth-order valence-corrected chi connectivity index (χ4v) is 23.8. The minimum Gasteiger partial charge on any atom is -0.309 e. The van der Waals surface area contributed by atoms with Gasteiger partial charge < -0.3 is 13.7 Å². The molecule has 0 aliphatic rings. The lowest BCUT2D eigenvalue weighted by Gasteiger charge is -2.11. The van der Waals surface area contributed by atoms with Crippen LogP contribution in [0.1, 0.15) is 0 Å². The number of hydrogen-bond acceptors (Lipinski definition) is 12. The van der Waals surface area contributed by atoms with Crippen LogP contribution < -0.4 is 0 Å². The van der Waals surface area contributed by atoms with Gasteiger partial charge >= 0.3 is 0 Å². The lowest BCUT2D eigenvalue weighted by molar-refractivity contribution is 1.07. The first-order valence-corrected chi connectivity index (χ1v) is 50.5. The standard InChI is InChI=1S/2C45H28N4S.C39H24N4S/c1-4-13-29(14-5-1)34-20-12-21-37-40(34)36-27-28-39-41(35-19-10-11-22-38(35)50-39)42(36)49(37)33-25-23-32(24-26-33)45-47-43(30-15-6-2-7-16-30)46-44(48-45)31-17-8-3-9-18-31;1-4-12-29(13-5-1)33-22-26-38-37(28-33)35-25-27-40-41(36-18-10-11-19-39(36)50-40)42(35)49(38)34-23-20-32(21-24-34)45-47-43(30-14-6-2-7-15-30)46-44(48-45)31-16-8-3-9-17-31;1-3-11-25(12-4-1)37-40-38(26-13-5-2-6-14-26)42-39(41-37)27-19-21-28(22-20-27)43-32-17-9-7-15-29(32)30-23-24-34-35(36(30)43)31-16-8-10-18-33(31)44-34/h2*1-28H;1-24H. The van der Waals surface area contributed by atoms with Crippen LogP contribution in [0.15, 0.2) is 485 Å². The first-order valence-electron chi connectivity index (χ1n) is 48.0. The molecule has 0 radical (unpaired) electrons. The Labute approximate surface area is 839 Å². The molecule has 0 saturated carbocycles. The van der Waals surface area contributed by atoms with E-state index in [0.29, 0.717) is 52.4 Å². The monoisotopic (exact) mass is 1890 g/mol. The molecule has 0 atom stereocenters. The fraction of sp³-hybridized carbons (Fsp3) is 0. The van der Waals surface area contributed by atoms with Crippen molar-refractivity contribution in [3.05, 3.63) is 485 Å². The molecule has 29 rings (SSSR count). The van der Waals surface area contributed by atoms with E-state index in [-0.39, 0.29) is 0 Å². The highest BCUT2D eigenvalue weighted by molar-refractivity contribution is 7.27. The lowest BCUT2D eigenvalue weighted by Crippen LogP contribution is -2.00. The van der Waals surface area contributed by atoms with Gasteiger partial charge in [0.15, 0.2) is 52.4 Å². The van der Waals surface area contributed by atoms with E-state index >= 15 is 0 Å². The summed E-state index contributed by atoms with van der Waals surface area (Å²) in [5.74, 6) is 5.87. The summed E-state index contributed by atoms with van der Waals surface area (Å²) in [5, 5.41) is 15.3. The van der Waals surface area contributed by atoms with Gasteiger partial charge in [0.25, 0.3) is 0 Å². The predicted octanol–water partition coefficient (Wildman–Crippen LogP) is 34.3. The molecule has 0 aliphatic carbocycles. The Balaban J connectivity index is 0.000000108. The highest BCUT2D eigenvalue weighted by Crippen LogP contribution is 2.50. The average molecular weight is 1890 g/mol. The quantitative estimate of drug-likeness (QED) is 0.104. The van der Waals surface area contributed by atoms with Gasteiger partial charge in [-0.2, -0.15) is 0 Å². The third kappa shape index (κ3) is 15.2. The van der Waals surface area contributed by atoms with Crippen LogP contribution in [0.5, 0.6) is 0 Å². The van der Waals surface area contributed by atoms with E-state index < -0.39 is 0 Å². The predicted molar refractivity (Wildman–Crippen MR) is 601 cm³/mol. The summed E-state index contributed by atoms with van der Waals surface area (Å²) in [4.78, 5) is 44.4. The van der Waals surface area contributed by atoms with E-state index in [1.54, 1.807) is 0 Å². The van der Waals surface area contributed by atoms with Crippen LogP contribution in [0.3, 0.4) is 0 Å². The highest BCUT2D eigenvalue weighted by Gasteiger charge is 2.27. The number of para-hydroxylation sites is 1. The summed E-state index contributed by atoms with van der Waals surface area (Å²) < 4.78 is 15.1. The first kappa shape index (κ1) is 84.7. The molecule has 0 amide bonds. The van der Waals surface area contributed by atoms with Crippen LogP contribution in [0, 0.1) is 0 Å². The molecule has 0 saturated heterocycles. The molecule has 0 bridgehead atoms. The Kier molecular flexibility index (Phi) is 21.2. The number of benzene rings is 20. The van der Waals surface area contributed by atoms with E-state index in [4.69, 9.17) is 44.9 Å². The molecule has 144 heavy (non-hydrogen) atoms. The number of nitrogens with zero attached hydrogens (tertiary/aromatic N) is 12. The van der Waals surface area contributed by atoms with Crippen molar-refractivity contribution in [2.75, 3.05) is 0 Å². The smallest absolute Gasteiger partial charge is 0.164 e. The number of aromatic nitrogens is 12. The highest BCUT2D eigenvalue weighted by atomic mass is 32.1. The van der Waals surface area contributed by atoms with Crippen LogP contribution in [0.2, 0.25) is 0 Å². The van der Waals surface area contributed by atoms with Gasteiger partial charge in [-0.25, -0.2) is 44.9 Å². The molecule has 9 aromatic heterocycles.